The van der Waals surface area contributed by atoms with Crippen molar-refractivity contribution in [2.24, 2.45) is 5.92 Å². The van der Waals surface area contributed by atoms with Crippen LogP contribution in [-0.4, -0.2) is 78.3 Å². The number of carbonyl (C=O) groups is 3. The molecule has 2 fully saturated rings. The third kappa shape index (κ3) is 7.31. The lowest BCUT2D eigenvalue weighted by atomic mass is 9.89. The van der Waals surface area contributed by atoms with Gasteiger partial charge >= 0.3 is 18.4 Å². The van der Waals surface area contributed by atoms with Crippen LogP contribution in [-0.2, 0) is 25.6 Å². The zero-order chi connectivity index (χ0) is 27.1. The van der Waals surface area contributed by atoms with E-state index in [1.165, 1.54) is 18.5 Å². The number of anilines is 2. The van der Waals surface area contributed by atoms with Gasteiger partial charge in [-0.1, -0.05) is 6.07 Å². The highest BCUT2D eigenvalue weighted by atomic mass is 19.3. The fourth-order valence-corrected chi connectivity index (χ4v) is 4.38. The Labute approximate surface area is 216 Å². The smallest absolute Gasteiger partial charge is 0.348 e. The van der Waals surface area contributed by atoms with Crippen LogP contribution in [0, 0.1) is 11.7 Å². The zero-order valence-corrected chi connectivity index (χ0v) is 20.3. The number of nitrogens with one attached hydrogen (secondary N) is 2. The van der Waals surface area contributed by atoms with Gasteiger partial charge in [-0.05, 0) is 42.5 Å². The Balaban J connectivity index is 1.31. The number of benzene rings is 1. The second-order valence-electron chi connectivity index (χ2n) is 8.88. The summed E-state index contributed by atoms with van der Waals surface area (Å²) in [7, 11) is 0. The lowest BCUT2D eigenvalue weighted by molar-refractivity contribution is -0.157. The van der Waals surface area contributed by atoms with Gasteiger partial charge in [-0.3, -0.25) is 19.7 Å². The van der Waals surface area contributed by atoms with E-state index in [9.17, 15) is 23.2 Å². The fraction of sp³-hybridized carbons (Fsp3) is 0.458. The fourth-order valence-electron chi connectivity index (χ4n) is 4.38. The average Bonchev–Trinajstić information content (AvgIpc) is 3.14. The van der Waals surface area contributed by atoms with Gasteiger partial charge in [0.2, 0.25) is 5.95 Å². The molecule has 0 radical (unpaired) electrons. The van der Waals surface area contributed by atoms with Gasteiger partial charge in [-0.25, -0.2) is 24.2 Å². The van der Waals surface area contributed by atoms with E-state index in [1.54, 1.807) is 23.1 Å². The molecule has 2 aliphatic rings. The number of esters is 1. The molecule has 0 bridgehead atoms. The summed E-state index contributed by atoms with van der Waals surface area (Å²) in [5.41, 5.74) is 1.01. The first-order chi connectivity index (χ1) is 18.3. The molecule has 0 saturated carbocycles. The van der Waals surface area contributed by atoms with Gasteiger partial charge < -0.3 is 15.0 Å². The standard InChI is InChI=1S/C24H27F3N6O5/c25-18-12-15(10-16-11-17(38-20(34)13-16)14-30-22(35)21(26)27)2-3-19(18)32-6-7-33(37-9-8-32)24(36)31-23-28-4-1-5-29-23/h1-5,12,16-17,21H,6-11,13-14H2,(H,30,35)(H,28,29,31,36)/t16?,17-/m1/s1. The minimum absolute atomic E-state index is 0.109. The summed E-state index contributed by atoms with van der Waals surface area (Å²) >= 11 is 0. The normalized spacial score (nSPS) is 20.1. The quantitative estimate of drug-likeness (QED) is 0.516. The summed E-state index contributed by atoms with van der Waals surface area (Å²) in [6, 6.07) is 5.88. The second-order valence-corrected chi connectivity index (χ2v) is 8.88. The Kier molecular flexibility index (Phi) is 8.94. The van der Waals surface area contributed by atoms with Gasteiger partial charge in [0.05, 0.1) is 25.4 Å². The molecule has 4 rings (SSSR count). The Morgan fingerprint density at radius 3 is 2.68 bits per heavy atom. The molecule has 1 aromatic carbocycles. The molecule has 2 saturated heterocycles. The van der Waals surface area contributed by atoms with Gasteiger partial charge in [-0.2, -0.15) is 8.78 Å². The highest BCUT2D eigenvalue weighted by Gasteiger charge is 2.30. The molecule has 2 N–H and O–H groups in total. The number of cyclic esters (lactones) is 1. The molecule has 1 aromatic heterocycles. The third-order valence-electron chi connectivity index (χ3n) is 6.12. The number of amides is 3. The van der Waals surface area contributed by atoms with Crippen LogP contribution < -0.4 is 15.5 Å². The molecule has 2 aromatic rings. The van der Waals surface area contributed by atoms with Crippen molar-refractivity contribution in [2.75, 3.05) is 43.0 Å². The number of nitrogens with zero attached hydrogens (tertiary/aromatic N) is 4. The van der Waals surface area contributed by atoms with Crippen LogP contribution in [0.2, 0.25) is 0 Å². The minimum atomic E-state index is -3.15. The number of aromatic nitrogens is 2. The van der Waals surface area contributed by atoms with Gasteiger partial charge in [0, 0.05) is 31.9 Å². The maximum Gasteiger partial charge on any atom is 0.348 e. The van der Waals surface area contributed by atoms with Crippen molar-refractivity contribution in [3.05, 3.63) is 48.0 Å². The number of alkyl halides is 2. The second kappa shape index (κ2) is 12.5. The first-order valence-electron chi connectivity index (χ1n) is 12.1. The molecule has 3 heterocycles. The maximum atomic E-state index is 15.1. The molecule has 2 aliphatic heterocycles. The highest BCUT2D eigenvalue weighted by Crippen LogP contribution is 2.28. The van der Waals surface area contributed by atoms with Crippen molar-refractivity contribution in [1.82, 2.24) is 20.3 Å². The number of rotatable bonds is 7. The Hall–Kier alpha value is -3.94. The van der Waals surface area contributed by atoms with E-state index in [0.29, 0.717) is 37.2 Å². The van der Waals surface area contributed by atoms with Crippen LogP contribution in [0.1, 0.15) is 18.4 Å². The molecule has 1 unspecified atom stereocenters. The van der Waals surface area contributed by atoms with E-state index in [2.05, 4.69) is 20.6 Å². The summed E-state index contributed by atoms with van der Waals surface area (Å²) in [5, 5.41) is 5.74. The average molecular weight is 537 g/mol. The molecule has 204 valence electrons. The third-order valence-corrected chi connectivity index (χ3v) is 6.12. The van der Waals surface area contributed by atoms with Crippen LogP contribution in [0.3, 0.4) is 0 Å². The van der Waals surface area contributed by atoms with Crippen molar-refractivity contribution in [1.29, 1.82) is 0 Å². The monoisotopic (exact) mass is 536 g/mol. The number of ether oxygens (including phenoxy) is 1. The minimum Gasteiger partial charge on any atom is -0.460 e. The Bertz CT molecular complexity index is 1140. The van der Waals surface area contributed by atoms with Crippen LogP contribution in [0.25, 0.3) is 0 Å². The van der Waals surface area contributed by atoms with Crippen LogP contribution in [0.4, 0.5) is 29.6 Å². The van der Waals surface area contributed by atoms with E-state index in [0.717, 1.165) is 5.06 Å². The van der Waals surface area contributed by atoms with Crippen LogP contribution in [0.5, 0.6) is 0 Å². The maximum absolute atomic E-state index is 15.1. The zero-order valence-electron chi connectivity index (χ0n) is 20.3. The molecular formula is C24H27F3N6O5. The summed E-state index contributed by atoms with van der Waals surface area (Å²) in [6.45, 7) is 0.788. The Morgan fingerprint density at radius 1 is 1.16 bits per heavy atom. The van der Waals surface area contributed by atoms with Crippen LogP contribution in [0.15, 0.2) is 36.7 Å². The van der Waals surface area contributed by atoms with Crippen LogP contribution >= 0.6 is 0 Å². The molecule has 38 heavy (non-hydrogen) atoms. The largest absolute Gasteiger partial charge is 0.460 e. The lowest BCUT2D eigenvalue weighted by Crippen LogP contribution is -2.41. The highest BCUT2D eigenvalue weighted by molar-refractivity contribution is 5.86. The van der Waals surface area contributed by atoms with Gasteiger partial charge in [0.1, 0.15) is 11.9 Å². The number of urea groups is 1. The van der Waals surface area contributed by atoms with Gasteiger partial charge in [-0.15, -0.1) is 0 Å². The molecular weight excluding hydrogens is 509 g/mol. The van der Waals surface area contributed by atoms with Gasteiger partial charge in [0.15, 0.2) is 0 Å². The van der Waals surface area contributed by atoms with E-state index in [-0.39, 0.29) is 38.0 Å². The van der Waals surface area contributed by atoms with Crippen molar-refractivity contribution in [2.45, 2.75) is 31.8 Å². The summed E-state index contributed by atoms with van der Waals surface area (Å²) in [6.07, 6.45) is -0.0372. The van der Waals surface area contributed by atoms with Gasteiger partial charge in [0.25, 0.3) is 5.91 Å². The van der Waals surface area contributed by atoms with E-state index < -0.39 is 36.3 Å². The van der Waals surface area contributed by atoms with E-state index >= 15 is 4.39 Å². The van der Waals surface area contributed by atoms with Crippen molar-refractivity contribution in [3.63, 3.8) is 0 Å². The number of hydroxylamine groups is 2. The predicted molar refractivity (Wildman–Crippen MR) is 128 cm³/mol. The Morgan fingerprint density at radius 2 is 1.95 bits per heavy atom. The van der Waals surface area contributed by atoms with Crippen molar-refractivity contribution < 1.29 is 37.1 Å². The molecule has 14 heteroatoms. The molecule has 2 atom stereocenters. The first kappa shape index (κ1) is 27.1. The lowest BCUT2D eigenvalue weighted by Gasteiger charge is -2.29. The summed E-state index contributed by atoms with van der Waals surface area (Å²) < 4.78 is 45.0. The number of hydrogen-bond acceptors (Lipinski definition) is 8. The number of hydrogen-bond donors (Lipinski definition) is 2. The van der Waals surface area contributed by atoms with Crippen molar-refractivity contribution in [3.8, 4) is 0 Å². The predicted octanol–water partition coefficient (Wildman–Crippen LogP) is 2.15. The topological polar surface area (TPSA) is 126 Å². The molecule has 3 amide bonds. The first-order valence-corrected chi connectivity index (χ1v) is 12.1. The molecule has 0 aliphatic carbocycles. The van der Waals surface area contributed by atoms with E-state index in [1.807, 2.05) is 0 Å². The molecule has 0 spiro atoms. The number of halogens is 3. The number of carbonyl (C=O) groups excluding carboxylic acids is 3. The van der Waals surface area contributed by atoms with Crippen molar-refractivity contribution >= 4 is 29.5 Å². The summed E-state index contributed by atoms with van der Waals surface area (Å²) in [5.74, 6) is -2.43. The van der Waals surface area contributed by atoms with E-state index in [4.69, 9.17) is 9.57 Å². The SMILES string of the molecule is O=C1CC(Cc2ccc(N3CCON(C(=O)Nc4ncccn4)CC3)c(F)c2)C[C@H](CNC(=O)C(F)F)O1. The molecule has 11 nitrogen and oxygen atoms in total. The summed E-state index contributed by atoms with van der Waals surface area (Å²) in [4.78, 5) is 50.7.